The fourth-order valence-electron chi connectivity index (χ4n) is 4.15. The van der Waals surface area contributed by atoms with Gasteiger partial charge in [0.1, 0.15) is 12.3 Å². The van der Waals surface area contributed by atoms with E-state index in [1.807, 2.05) is 12.1 Å². The van der Waals surface area contributed by atoms with E-state index in [1.165, 1.54) is 18.4 Å². The van der Waals surface area contributed by atoms with Crippen molar-refractivity contribution in [3.8, 4) is 6.07 Å². The second kappa shape index (κ2) is 7.50. The number of benzene rings is 1. The van der Waals surface area contributed by atoms with Gasteiger partial charge in [0.25, 0.3) is 0 Å². The summed E-state index contributed by atoms with van der Waals surface area (Å²) >= 11 is 0. The Morgan fingerprint density at radius 3 is 2.54 bits per heavy atom. The van der Waals surface area contributed by atoms with E-state index in [2.05, 4.69) is 58.5 Å². The molecule has 1 aromatic carbocycles. The minimum absolute atomic E-state index is 0.220. The predicted molar refractivity (Wildman–Crippen MR) is 108 cm³/mol. The molecule has 2 aliphatic rings. The Balaban J connectivity index is 1.38. The van der Waals surface area contributed by atoms with Crippen LogP contribution in [0.15, 0.2) is 36.4 Å². The SMILES string of the molecule is CC(C)c1ccc(CC(O)N[C@H]2CN(c3ccc(C#N)nn3)CC23CC3)cc1. The van der Waals surface area contributed by atoms with E-state index >= 15 is 0 Å². The molecule has 2 heterocycles. The van der Waals surface area contributed by atoms with Crippen LogP contribution in [0, 0.1) is 16.7 Å². The van der Waals surface area contributed by atoms with Gasteiger partial charge >= 0.3 is 0 Å². The quantitative estimate of drug-likeness (QED) is 0.753. The molecule has 4 rings (SSSR count). The summed E-state index contributed by atoms with van der Waals surface area (Å²) in [5, 5.41) is 31.1. The van der Waals surface area contributed by atoms with Crippen LogP contribution in [0.3, 0.4) is 0 Å². The highest BCUT2D eigenvalue weighted by molar-refractivity contribution is 5.43. The van der Waals surface area contributed by atoms with Crippen LogP contribution in [0.25, 0.3) is 0 Å². The molecule has 1 unspecified atom stereocenters. The zero-order valence-corrected chi connectivity index (χ0v) is 16.5. The van der Waals surface area contributed by atoms with Crippen LogP contribution >= 0.6 is 0 Å². The zero-order chi connectivity index (χ0) is 19.7. The Labute approximate surface area is 166 Å². The number of aliphatic hydroxyl groups excluding tert-OH is 1. The van der Waals surface area contributed by atoms with Crippen LogP contribution in [0.1, 0.15) is 49.4 Å². The average Bonchev–Trinajstić information content (AvgIpc) is 3.39. The Kier molecular flexibility index (Phi) is 5.05. The smallest absolute Gasteiger partial charge is 0.163 e. The van der Waals surface area contributed by atoms with Crippen molar-refractivity contribution in [3.63, 3.8) is 0 Å². The van der Waals surface area contributed by atoms with Gasteiger partial charge in [-0.1, -0.05) is 38.1 Å². The van der Waals surface area contributed by atoms with Crippen molar-refractivity contribution >= 4 is 5.82 Å². The zero-order valence-electron chi connectivity index (χ0n) is 16.5. The summed E-state index contributed by atoms with van der Waals surface area (Å²) in [6.07, 6.45) is 2.36. The lowest BCUT2D eigenvalue weighted by Gasteiger charge is -2.23. The number of hydrogen-bond acceptors (Lipinski definition) is 6. The molecule has 1 spiro atoms. The van der Waals surface area contributed by atoms with Crippen molar-refractivity contribution in [3.05, 3.63) is 53.2 Å². The maximum atomic E-state index is 10.6. The van der Waals surface area contributed by atoms with Gasteiger partial charge in [-0.05, 0) is 42.0 Å². The van der Waals surface area contributed by atoms with Crippen molar-refractivity contribution in [1.82, 2.24) is 15.5 Å². The third kappa shape index (κ3) is 3.87. The van der Waals surface area contributed by atoms with Gasteiger partial charge in [-0.15, -0.1) is 10.2 Å². The largest absolute Gasteiger partial charge is 0.378 e. The van der Waals surface area contributed by atoms with E-state index in [-0.39, 0.29) is 11.5 Å². The fraction of sp³-hybridized carbons (Fsp3) is 0.500. The molecule has 6 nitrogen and oxygen atoms in total. The maximum Gasteiger partial charge on any atom is 0.163 e. The summed E-state index contributed by atoms with van der Waals surface area (Å²) < 4.78 is 0. The van der Waals surface area contributed by atoms with Crippen LogP contribution in [0.5, 0.6) is 0 Å². The van der Waals surface area contributed by atoms with E-state index in [4.69, 9.17) is 5.26 Å². The van der Waals surface area contributed by atoms with Gasteiger partial charge in [-0.25, -0.2) is 0 Å². The first-order chi connectivity index (χ1) is 13.5. The summed E-state index contributed by atoms with van der Waals surface area (Å²) in [4.78, 5) is 2.21. The first-order valence-electron chi connectivity index (χ1n) is 10.0. The van der Waals surface area contributed by atoms with E-state index in [0.29, 0.717) is 18.0 Å². The molecule has 28 heavy (non-hydrogen) atoms. The predicted octanol–water partition coefficient (Wildman–Crippen LogP) is 2.59. The number of rotatable bonds is 6. The van der Waals surface area contributed by atoms with E-state index in [1.54, 1.807) is 6.07 Å². The number of nitrogens with zero attached hydrogens (tertiary/aromatic N) is 4. The standard InChI is InChI=1S/C22H27N5O/c1-15(2)17-5-3-16(4-6-17)11-21(28)24-19-13-27(14-22(19)9-10-22)20-8-7-18(12-23)25-26-20/h3-8,15,19,21,24,28H,9-11,13-14H2,1-2H3/t19-,21?/m0/s1. The molecule has 1 saturated heterocycles. The van der Waals surface area contributed by atoms with Gasteiger partial charge in [-0.3, -0.25) is 5.32 Å². The third-order valence-corrected chi connectivity index (χ3v) is 6.10. The van der Waals surface area contributed by atoms with Gasteiger partial charge < -0.3 is 10.0 Å². The van der Waals surface area contributed by atoms with Crippen LogP contribution in [0.4, 0.5) is 5.82 Å². The van der Waals surface area contributed by atoms with E-state index in [0.717, 1.165) is 24.5 Å². The summed E-state index contributed by atoms with van der Waals surface area (Å²) in [6, 6.07) is 14.3. The number of aromatic nitrogens is 2. The molecule has 2 fully saturated rings. The summed E-state index contributed by atoms with van der Waals surface area (Å²) in [5.74, 6) is 1.31. The Morgan fingerprint density at radius 1 is 1.21 bits per heavy atom. The number of nitrogens with one attached hydrogen (secondary N) is 1. The van der Waals surface area contributed by atoms with Gasteiger partial charge in [0.05, 0.1) is 0 Å². The molecular formula is C22H27N5O. The van der Waals surface area contributed by atoms with Crippen LogP contribution < -0.4 is 10.2 Å². The van der Waals surface area contributed by atoms with Crippen molar-refractivity contribution < 1.29 is 5.11 Å². The lowest BCUT2D eigenvalue weighted by Crippen LogP contribution is -2.45. The average molecular weight is 377 g/mol. The fourth-order valence-corrected chi connectivity index (χ4v) is 4.15. The molecular weight excluding hydrogens is 350 g/mol. The summed E-state index contributed by atoms with van der Waals surface area (Å²) in [7, 11) is 0. The highest BCUT2D eigenvalue weighted by Crippen LogP contribution is 2.53. The summed E-state index contributed by atoms with van der Waals surface area (Å²) in [5.41, 5.74) is 3.01. The lowest BCUT2D eigenvalue weighted by atomic mass is 9.99. The first-order valence-corrected chi connectivity index (χ1v) is 10.0. The molecule has 2 N–H and O–H groups in total. The van der Waals surface area contributed by atoms with Crippen LogP contribution in [0.2, 0.25) is 0 Å². The molecule has 1 saturated carbocycles. The molecule has 0 amide bonds. The number of anilines is 1. The van der Waals surface area contributed by atoms with Gasteiger partial charge in [0.2, 0.25) is 0 Å². The molecule has 0 bridgehead atoms. The van der Waals surface area contributed by atoms with Crippen molar-refractivity contribution in [2.24, 2.45) is 5.41 Å². The Morgan fingerprint density at radius 2 is 1.96 bits per heavy atom. The Hall–Kier alpha value is -2.49. The van der Waals surface area contributed by atoms with Gasteiger partial charge in [0, 0.05) is 31.0 Å². The van der Waals surface area contributed by atoms with Gasteiger partial charge in [0.15, 0.2) is 11.5 Å². The number of hydrogen-bond donors (Lipinski definition) is 2. The third-order valence-electron chi connectivity index (χ3n) is 6.10. The van der Waals surface area contributed by atoms with Crippen LogP contribution in [-0.4, -0.2) is 40.7 Å². The lowest BCUT2D eigenvalue weighted by molar-refractivity contribution is 0.114. The molecule has 2 aromatic rings. The normalized spacial score (nSPS) is 21.1. The first kappa shape index (κ1) is 18.9. The number of nitriles is 1. The summed E-state index contributed by atoms with van der Waals surface area (Å²) in [6.45, 7) is 6.08. The highest BCUT2D eigenvalue weighted by Gasteiger charge is 2.55. The second-order valence-corrected chi connectivity index (χ2v) is 8.47. The highest BCUT2D eigenvalue weighted by atomic mass is 16.3. The van der Waals surface area contributed by atoms with Crippen molar-refractivity contribution in [1.29, 1.82) is 5.26 Å². The van der Waals surface area contributed by atoms with E-state index in [9.17, 15) is 5.11 Å². The second-order valence-electron chi connectivity index (χ2n) is 8.47. The molecule has 2 atom stereocenters. The van der Waals surface area contributed by atoms with E-state index < -0.39 is 6.23 Å². The van der Waals surface area contributed by atoms with Gasteiger partial charge in [-0.2, -0.15) is 5.26 Å². The molecule has 146 valence electrons. The number of aliphatic hydroxyl groups is 1. The molecule has 6 heteroatoms. The van der Waals surface area contributed by atoms with Crippen molar-refractivity contribution in [2.45, 2.75) is 51.3 Å². The molecule has 1 aromatic heterocycles. The minimum Gasteiger partial charge on any atom is -0.378 e. The van der Waals surface area contributed by atoms with Crippen molar-refractivity contribution in [2.75, 3.05) is 18.0 Å². The Bertz CT molecular complexity index is 852. The molecule has 0 radical (unpaired) electrons. The topological polar surface area (TPSA) is 85.1 Å². The minimum atomic E-state index is -0.570. The monoisotopic (exact) mass is 377 g/mol. The van der Waals surface area contributed by atoms with Crippen LogP contribution in [-0.2, 0) is 6.42 Å². The molecule has 1 aliphatic carbocycles. The maximum absolute atomic E-state index is 10.6. The molecule has 1 aliphatic heterocycles.